The first kappa shape index (κ1) is 18.2. The summed E-state index contributed by atoms with van der Waals surface area (Å²) in [6.07, 6.45) is 4.94. The quantitative estimate of drug-likeness (QED) is 0.840. The zero-order valence-electron chi connectivity index (χ0n) is 15.6. The highest BCUT2D eigenvalue weighted by Crippen LogP contribution is 2.21. The third kappa shape index (κ3) is 4.73. The molecule has 0 saturated carbocycles. The number of ether oxygens (including phenoxy) is 1. The van der Waals surface area contributed by atoms with Gasteiger partial charge in [0.1, 0.15) is 0 Å². The van der Waals surface area contributed by atoms with Crippen molar-refractivity contribution in [3.63, 3.8) is 0 Å². The minimum absolute atomic E-state index is 0.121. The molecule has 1 aromatic rings. The van der Waals surface area contributed by atoms with E-state index in [1.165, 1.54) is 19.3 Å². The van der Waals surface area contributed by atoms with Gasteiger partial charge in [0.2, 0.25) is 0 Å². The molecule has 0 bridgehead atoms. The Balaban J connectivity index is 1.69. The Morgan fingerprint density at radius 3 is 2.64 bits per heavy atom. The zero-order valence-corrected chi connectivity index (χ0v) is 15.6. The van der Waals surface area contributed by atoms with E-state index in [0.717, 1.165) is 50.5 Å². The van der Waals surface area contributed by atoms with Crippen LogP contribution in [0, 0.1) is 0 Å². The molecule has 2 fully saturated rings. The van der Waals surface area contributed by atoms with Crippen molar-refractivity contribution in [1.82, 2.24) is 9.80 Å². The summed E-state index contributed by atoms with van der Waals surface area (Å²) >= 11 is 0. The average Bonchev–Trinajstić information content (AvgIpc) is 2.87. The Hall–Kier alpha value is -1.59. The molecular weight excluding hydrogens is 314 g/mol. The molecule has 1 amide bonds. The van der Waals surface area contributed by atoms with Gasteiger partial charge in [0.05, 0.1) is 11.7 Å². The first-order valence-electron chi connectivity index (χ1n) is 9.55. The van der Waals surface area contributed by atoms with E-state index in [0.29, 0.717) is 6.54 Å². The molecule has 0 spiro atoms. The van der Waals surface area contributed by atoms with Crippen molar-refractivity contribution in [1.29, 1.82) is 0 Å². The van der Waals surface area contributed by atoms with Crippen molar-refractivity contribution in [2.45, 2.75) is 31.8 Å². The van der Waals surface area contributed by atoms with Crippen LogP contribution in [0.25, 0.3) is 0 Å². The molecule has 2 saturated heterocycles. The molecule has 2 aliphatic rings. The fourth-order valence-electron chi connectivity index (χ4n) is 3.83. The van der Waals surface area contributed by atoms with Crippen molar-refractivity contribution in [3.05, 3.63) is 29.8 Å². The highest BCUT2D eigenvalue weighted by atomic mass is 16.5. The minimum atomic E-state index is 0.121. The third-order valence-electron chi connectivity index (χ3n) is 5.16. The van der Waals surface area contributed by atoms with Crippen molar-refractivity contribution < 1.29 is 9.53 Å². The summed E-state index contributed by atoms with van der Waals surface area (Å²) in [4.78, 5) is 19.6. The first-order valence-corrected chi connectivity index (χ1v) is 9.55. The summed E-state index contributed by atoms with van der Waals surface area (Å²) in [5, 5.41) is 0. The Morgan fingerprint density at radius 2 is 1.88 bits per heavy atom. The number of benzene rings is 1. The monoisotopic (exact) mass is 345 g/mol. The summed E-state index contributed by atoms with van der Waals surface area (Å²) in [6.45, 7) is 5.49. The van der Waals surface area contributed by atoms with Crippen LogP contribution in [0.4, 0.5) is 5.69 Å². The van der Waals surface area contributed by atoms with Gasteiger partial charge in [-0.3, -0.25) is 4.79 Å². The summed E-state index contributed by atoms with van der Waals surface area (Å²) in [6, 6.07) is 7.87. The first-order chi connectivity index (χ1) is 12.1. The molecular formula is C20H31N3O2. The number of hydrogen-bond acceptors (Lipinski definition) is 4. The van der Waals surface area contributed by atoms with Crippen molar-refractivity contribution in [2.75, 3.05) is 58.3 Å². The van der Waals surface area contributed by atoms with Gasteiger partial charge in [0, 0.05) is 46.0 Å². The molecule has 3 rings (SSSR count). The van der Waals surface area contributed by atoms with Gasteiger partial charge in [0.25, 0.3) is 5.91 Å². The van der Waals surface area contributed by atoms with Gasteiger partial charge in [0.15, 0.2) is 0 Å². The van der Waals surface area contributed by atoms with E-state index in [-0.39, 0.29) is 12.0 Å². The number of nitrogens with zero attached hydrogens (tertiary/aromatic N) is 3. The van der Waals surface area contributed by atoms with Crippen LogP contribution in [0.5, 0.6) is 0 Å². The SMILES string of the molecule is CN(C)c1ccccc1C(=O)N1CCCOC(CN2CCCCC2)C1. The minimum Gasteiger partial charge on any atom is -0.377 e. The van der Waals surface area contributed by atoms with E-state index in [4.69, 9.17) is 4.74 Å². The summed E-state index contributed by atoms with van der Waals surface area (Å²) in [5.74, 6) is 0.124. The number of piperidine rings is 1. The molecule has 0 radical (unpaired) electrons. The lowest BCUT2D eigenvalue weighted by molar-refractivity contribution is 0.0216. The maximum atomic E-state index is 13.1. The highest BCUT2D eigenvalue weighted by molar-refractivity contribution is 5.99. The van der Waals surface area contributed by atoms with Crippen molar-refractivity contribution >= 4 is 11.6 Å². The number of carbonyl (C=O) groups is 1. The molecule has 0 aliphatic carbocycles. The Bertz CT molecular complexity index is 570. The Morgan fingerprint density at radius 1 is 1.12 bits per heavy atom. The second-order valence-corrected chi connectivity index (χ2v) is 7.37. The molecule has 2 heterocycles. The van der Waals surface area contributed by atoms with Gasteiger partial charge < -0.3 is 19.4 Å². The summed E-state index contributed by atoms with van der Waals surface area (Å²) < 4.78 is 6.05. The Kier molecular flexibility index (Phi) is 6.32. The molecule has 5 heteroatoms. The number of carbonyl (C=O) groups excluding carboxylic acids is 1. The van der Waals surface area contributed by atoms with Crippen LogP contribution in [0.3, 0.4) is 0 Å². The lowest BCUT2D eigenvalue weighted by atomic mass is 10.1. The van der Waals surface area contributed by atoms with E-state index in [2.05, 4.69) is 4.90 Å². The van der Waals surface area contributed by atoms with Gasteiger partial charge >= 0.3 is 0 Å². The van der Waals surface area contributed by atoms with E-state index >= 15 is 0 Å². The fraction of sp³-hybridized carbons (Fsp3) is 0.650. The van der Waals surface area contributed by atoms with Crippen molar-refractivity contribution in [2.24, 2.45) is 0 Å². The van der Waals surface area contributed by atoms with Gasteiger partial charge in [-0.2, -0.15) is 0 Å². The number of anilines is 1. The zero-order chi connectivity index (χ0) is 17.6. The van der Waals surface area contributed by atoms with Crippen LogP contribution in [0.1, 0.15) is 36.0 Å². The van der Waals surface area contributed by atoms with Gasteiger partial charge in [-0.1, -0.05) is 18.6 Å². The molecule has 0 N–H and O–H groups in total. The lowest BCUT2D eigenvalue weighted by Crippen LogP contribution is -2.44. The molecule has 2 aliphatic heterocycles. The highest BCUT2D eigenvalue weighted by Gasteiger charge is 2.26. The molecule has 25 heavy (non-hydrogen) atoms. The number of para-hydroxylation sites is 1. The van der Waals surface area contributed by atoms with E-state index in [9.17, 15) is 4.79 Å². The van der Waals surface area contributed by atoms with Crippen LogP contribution in [-0.4, -0.2) is 75.2 Å². The molecule has 1 aromatic carbocycles. The Labute approximate surface area is 151 Å². The topological polar surface area (TPSA) is 36.0 Å². The second-order valence-electron chi connectivity index (χ2n) is 7.37. The molecule has 1 atom stereocenters. The normalized spacial score (nSPS) is 22.5. The van der Waals surface area contributed by atoms with E-state index in [1.807, 2.05) is 48.2 Å². The lowest BCUT2D eigenvalue weighted by Gasteiger charge is -2.32. The molecule has 1 unspecified atom stereocenters. The van der Waals surface area contributed by atoms with Crippen LogP contribution < -0.4 is 4.90 Å². The molecule has 138 valence electrons. The molecule has 5 nitrogen and oxygen atoms in total. The summed E-state index contributed by atoms with van der Waals surface area (Å²) in [7, 11) is 3.97. The van der Waals surface area contributed by atoms with Crippen LogP contribution >= 0.6 is 0 Å². The molecule has 0 aromatic heterocycles. The maximum Gasteiger partial charge on any atom is 0.256 e. The van der Waals surface area contributed by atoms with E-state index in [1.54, 1.807) is 0 Å². The number of rotatable bonds is 4. The van der Waals surface area contributed by atoms with Crippen LogP contribution in [-0.2, 0) is 4.74 Å². The van der Waals surface area contributed by atoms with Crippen molar-refractivity contribution in [3.8, 4) is 0 Å². The second kappa shape index (κ2) is 8.68. The number of amides is 1. The van der Waals surface area contributed by atoms with Gasteiger partial charge in [-0.25, -0.2) is 0 Å². The van der Waals surface area contributed by atoms with Gasteiger partial charge in [-0.05, 0) is 44.5 Å². The fourth-order valence-corrected chi connectivity index (χ4v) is 3.83. The van der Waals surface area contributed by atoms with Crippen LogP contribution in [0.2, 0.25) is 0 Å². The standard InChI is InChI=1S/C20H31N3O2/c1-21(2)19-10-5-4-9-18(19)20(24)23-13-8-14-25-17(16-23)15-22-11-6-3-7-12-22/h4-5,9-10,17H,3,6-8,11-16H2,1-2H3. The predicted octanol–water partition coefficient (Wildman–Crippen LogP) is 2.47. The third-order valence-corrected chi connectivity index (χ3v) is 5.16. The number of likely N-dealkylation sites (tertiary alicyclic amines) is 1. The average molecular weight is 345 g/mol. The smallest absolute Gasteiger partial charge is 0.256 e. The van der Waals surface area contributed by atoms with Gasteiger partial charge in [-0.15, -0.1) is 0 Å². The summed E-state index contributed by atoms with van der Waals surface area (Å²) in [5.41, 5.74) is 1.76. The van der Waals surface area contributed by atoms with Crippen LogP contribution in [0.15, 0.2) is 24.3 Å². The number of hydrogen-bond donors (Lipinski definition) is 0. The largest absolute Gasteiger partial charge is 0.377 e. The predicted molar refractivity (Wildman–Crippen MR) is 101 cm³/mol. The maximum absolute atomic E-state index is 13.1. The van der Waals surface area contributed by atoms with E-state index < -0.39 is 0 Å².